The Morgan fingerprint density at radius 2 is 2.04 bits per heavy atom. The first-order valence-electron chi connectivity index (χ1n) is 6.97. The van der Waals surface area contributed by atoms with Gasteiger partial charge in [-0.2, -0.15) is 8.78 Å². The van der Waals surface area contributed by atoms with E-state index in [-0.39, 0.29) is 17.5 Å². The Kier molecular flexibility index (Phi) is 5.25. The van der Waals surface area contributed by atoms with E-state index in [9.17, 15) is 27.2 Å². The van der Waals surface area contributed by atoms with Crippen LogP contribution in [0.3, 0.4) is 0 Å². The van der Waals surface area contributed by atoms with E-state index in [1.54, 1.807) is 0 Å². The van der Waals surface area contributed by atoms with E-state index < -0.39 is 36.7 Å². The normalized spacial score (nSPS) is 20.4. The third-order valence-corrected chi connectivity index (χ3v) is 3.55. The van der Waals surface area contributed by atoms with Gasteiger partial charge in [-0.05, 0) is 18.9 Å². The molecular weight excluding hydrogens is 336 g/mol. The molecule has 10 heteroatoms. The van der Waals surface area contributed by atoms with Gasteiger partial charge < -0.3 is 15.2 Å². The van der Waals surface area contributed by atoms with Gasteiger partial charge in [-0.15, -0.1) is 0 Å². The van der Waals surface area contributed by atoms with Crippen molar-refractivity contribution in [2.24, 2.45) is 5.92 Å². The zero-order valence-corrected chi connectivity index (χ0v) is 12.2. The van der Waals surface area contributed by atoms with Crippen LogP contribution in [0.4, 0.5) is 17.6 Å². The number of carbonyl (C=O) groups is 2. The SMILES string of the molecule is O=C(NC1CC(C(=O)O)C1)c1ccc(OCC(F)(F)C(F)F)nc1. The minimum absolute atomic E-state index is 0.113. The number of alkyl halides is 4. The molecule has 1 saturated carbocycles. The average Bonchev–Trinajstić information content (AvgIpc) is 2.48. The summed E-state index contributed by atoms with van der Waals surface area (Å²) in [5.41, 5.74) is 0.113. The fourth-order valence-corrected chi connectivity index (χ4v) is 2.04. The summed E-state index contributed by atoms with van der Waals surface area (Å²) in [4.78, 5) is 26.1. The highest BCUT2D eigenvalue weighted by Gasteiger charge is 2.41. The molecule has 0 aromatic carbocycles. The Hall–Kier alpha value is -2.39. The Bertz CT molecular complexity index is 603. The molecule has 24 heavy (non-hydrogen) atoms. The molecule has 0 aliphatic heterocycles. The first-order chi connectivity index (χ1) is 11.2. The minimum atomic E-state index is -4.29. The number of nitrogens with one attached hydrogen (secondary N) is 1. The molecule has 132 valence electrons. The van der Waals surface area contributed by atoms with Crippen molar-refractivity contribution in [2.45, 2.75) is 31.2 Å². The largest absolute Gasteiger partial charge is 0.481 e. The molecule has 0 unspecified atom stereocenters. The maximum absolute atomic E-state index is 12.7. The van der Waals surface area contributed by atoms with Crippen LogP contribution in [0.2, 0.25) is 0 Å². The fourth-order valence-electron chi connectivity index (χ4n) is 2.04. The lowest BCUT2D eigenvalue weighted by atomic mass is 9.80. The number of hydrogen-bond donors (Lipinski definition) is 2. The topological polar surface area (TPSA) is 88.5 Å². The van der Waals surface area contributed by atoms with Gasteiger partial charge in [0.05, 0.1) is 11.5 Å². The predicted octanol–water partition coefficient (Wildman–Crippen LogP) is 1.95. The molecule has 1 aromatic heterocycles. The van der Waals surface area contributed by atoms with Crippen LogP contribution in [-0.4, -0.2) is 47.0 Å². The van der Waals surface area contributed by atoms with E-state index in [0.29, 0.717) is 12.8 Å². The van der Waals surface area contributed by atoms with Gasteiger partial charge in [0.1, 0.15) is 0 Å². The van der Waals surface area contributed by atoms with E-state index in [1.165, 1.54) is 6.07 Å². The Morgan fingerprint density at radius 3 is 2.54 bits per heavy atom. The van der Waals surface area contributed by atoms with Gasteiger partial charge in [-0.1, -0.05) is 0 Å². The van der Waals surface area contributed by atoms with Crippen LogP contribution in [0, 0.1) is 5.92 Å². The maximum Gasteiger partial charge on any atom is 0.340 e. The molecule has 1 amide bonds. The summed E-state index contributed by atoms with van der Waals surface area (Å²) in [6, 6.07) is 2.10. The van der Waals surface area contributed by atoms with Crippen LogP contribution in [0.25, 0.3) is 0 Å². The Labute approximate surface area is 133 Å². The smallest absolute Gasteiger partial charge is 0.340 e. The van der Waals surface area contributed by atoms with Crippen molar-refractivity contribution in [3.8, 4) is 5.88 Å². The standard InChI is InChI=1S/C14H14F4N2O4/c15-13(16)14(17,18)6-24-10-2-1-7(5-19-10)11(21)20-9-3-8(4-9)12(22)23/h1-2,5,8-9,13H,3-4,6H2,(H,20,21)(H,22,23). The number of carboxylic acid groups (broad SMARTS) is 1. The summed E-state index contributed by atoms with van der Waals surface area (Å²) in [5, 5.41) is 11.3. The molecular formula is C14H14F4N2O4. The van der Waals surface area contributed by atoms with Crippen molar-refractivity contribution in [1.82, 2.24) is 10.3 Å². The summed E-state index contributed by atoms with van der Waals surface area (Å²) in [6.45, 7) is -1.53. The first kappa shape index (κ1) is 18.0. The molecule has 6 nitrogen and oxygen atoms in total. The zero-order valence-electron chi connectivity index (χ0n) is 12.2. The van der Waals surface area contributed by atoms with Crippen molar-refractivity contribution >= 4 is 11.9 Å². The number of hydrogen-bond acceptors (Lipinski definition) is 4. The van der Waals surface area contributed by atoms with Gasteiger partial charge in [-0.25, -0.2) is 13.8 Å². The Morgan fingerprint density at radius 1 is 1.38 bits per heavy atom. The van der Waals surface area contributed by atoms with Gasteiger partial charge >= 0.3 is 18.3 Å². The van der Waals surface area contributed by atoms with Crippen LogP contribution < -0.4 is 10.1 Å². The van der Waals surface area contributed by atoms with Crippen LogP contribution in [0.5, 0.6) is 5.88 Å². The van der Waals surface area contributed by atoms with E-state index in [4.69, 9.17) is 5.11 Å². The van der Waals surface area contributed by atoms with Gasteiger partial charge in [0.25, 0.3) is 5.91 Å². The number of carboxylic acids is 1. The number of aliphatic carboxylic acids is 1. The van der Waals surface area contributed by atoms with Crippen molar-refractivity contribution < 1.29 is 37.0 Å². The zero-order chi connectivity index (χ0) is 17.9. The average molecular weight is 350 g/mol. The molecule has 0 radical (unpaired) electrons. The van der Waals surface area contributed by atoms with E-state index >= 15 is 0 Å². The van der Waals surface area contributed by atoms with E-state index in [1.807, 2.05) is 0 Å². The van der Waals surface area contributed by atoms with Crippen molar-refractivity contribution in [3.63, 3.8) is 0 Å². The number of aromatic nitrogens is 1. The fraction of sp³-hybridized carbons (Fsp3) is 0.500. The molecule has 1 aliphatic carbocycles. The van der Waals surface area contributed by atoms with Crippen LogP contribution in [0.1, 0.15) is 23.2 Å². The molecule has 1 fully saturated rings. The highest BCUT2D eigenvalue weighted by atomic mass is 19.3. The van der Waals surface area contributed by atoms with Crippen molar-refractivity contribution in [1.29, 1.82) is 0 Å². The van der Waals surface area contributed by atoms with Crippen molar-refractivity contribution in [3.05, 3.63) is 23.9 Å². The highest BCUT2D eigenvalue weighted by Crippen LogP contribution is 2.28. The molecule has 0 bridgehead atoms. The maximum atomic E-state index is 12.7. The lowest BCUT2D eigenvalue weighted by Gasteiger charge is -2.32. The lowest BCUT2D eigenvalue weighted by Crippen LogP contribution is -2.46. The summed E-state index contributed by atoms with van der Waals surface area (Å²) in [7, 11) is 0. The Balaban J connectivity index is 1.83. The number of rotatable bonds is 7. The molecule has 0 saturated heterocycles. The molecule has 1 heterocycles. The molecule has 1 aromatic rings. The predicted molar refractivity (Wildman–Crippen MR) is 72.3 cm³/mol. The van der Waals surface area contributed by atoms with Gasteiger partial charge in [0.2, 0.25) is 5.88 Å². The van der Waals surface area contributed by atoms with E-state index in [0.717, 1.165) is 12.3 Å². The first-order valence-corrected chi connectivity index (χ1v) is 6.97. The molecule has 0 spiro atoms. The van der Waals surface area contributed by atoms with Gasteiger partial charge in [-0.3, -0.25) is 9.59 Å². The van der Waals surface area contributed by atoms with E-state index in [2.05, 4.69) is 15.0 Å². The number of nitrogens with zero attached hydrogens (tertiary/aromatic N) is 1. The summed E-state index contributed by atoms with van der Waals surface area (Å²) >= 11 is 0. The van der Waals surface area contributed by atoms with Crippen LogP contribution in [0.15, 0.2) is 18.3 Å². The third-order valence-electron chi connectivity index (χ3n) is 3.55. The lowest BCUT2D eigenvalue weighted by molar-refractivity contribution is -0.148. The molecule has 1 aliphatic rings. The summed E-state index contributed by atoms with van der Waals surface area (Å²) < 4.78 is 53.9. The van der Waals surface area contributed by atoms with Crippen LogP contribution >= 0.6 is 0 Å². The second-order valence-electron chi connectivity index (χ2n) is 5.41. The number of ether oxygens (including phenoxy) is 1. The number of halogens is 4. The molecule has 2 N–H and O–H groups in total. The number of carbonyl (C=O) groups excluding carboxylic acids is 1. The highest BCUT2D eigenvalue weighted by molar-refractivity contribution is 5.94. The third kappa shape index (κ3) is 4.33. The minimum Gasteiger partial charge on any atom is -0.481 e. The second-order valence-corrected chi connectivity index (χ2v) is 5.41. The second kappa shape index (κ2) is 7.02. The summed E-state index contributed by atoms with van der Waals surface area (Å²) in [5.74, 6) is -6.49. The van der Waals surface area contributed by atoms with Gasteiger partial charge in [0.15, 0.2) is 6.61 Å². The quantitative estimate of drug-likeness (QED) is 0.734. The van der Waals surface area contributed by atoms with Crippen molar-refractivity contribution in [2.75, 3.05) is 6.61 Å². The number of pyridine rings is 1. The van der Waals surface area contributed by atoms with Crippen LogP contribution in [-0.2, 0) is 4.79 Å². The molecule has 0 atom stereocenters. The summed E-state index contributed by atoms with van der Waals surface area (Å²) in [6.07, 6.45) is -2.13. The molecule has 2 rings (SSSR count). The number of amides is 1. The van der Waals surface area contributed by atoms with Gasteiger partial charge in [0, 0.05) is 18.3 Å². The monoisotopic (exact) mass is 350 g/mol.